The molecule has 2 unspecified atom stereocenters. The molecule has 2 atom stereocenters. The highest BCUT2D eigenvalue weighted by molar-refractivity contribution is 5.31. The Morgan fingerprint density at radius 1 is 1.14 bits per heavy atom. The molecule has 1 aliphatic rings. The van der Waals surface area contributed by atoms with Gasteiger partial charge in [-0.15, -0.1) is 0 Å². The maximum Gasteiger partial charge on any atom is 0.120 e. The maximum atomic E-state index is 6.27. The van der Waals surface area contributed by atoms with Gasteiger partial charge in [-0.05, 0) is 62.4 Å². The van der Waals surface area contributed by atoms with Crippen LogP contribution in [0.25, 0.3) is 0 Å². The summed E-state index contributed by atoms with van der Waals surface area (Å²) in [5, 5.41) is 3.63. The number of likely N-dealkylation sites (N-methyl/N-ethyl adjacent to an activating group) is 1. The van der Waals surface area contributed by atoms with Gasteiger partial charge in [-0.25, -0.2) is 0 Å². The van der Waals surface area contributed by atoms with Gasteiger partial charge in [-0.2, -0.15) is 0 Å². The van der Waals surface area contributed by atoms with Gasteiger partial charge in [0.05, 0.1) is 6.61 Å². The van der Waals surface area contributed by atoms with Gasteiger partial charge in [0.2, 0.25) is 0 Å². The smallest absolute Gasteiger partial charge is 0.120 e. The molecule has 0 saturated heterocycles. The van der Waals surface area contributed by atoms with Gasteiger partial charge in [0.25, 0.3) is 0 Å². The van der Waals surface area contributed by atoms with Crippen LogP contribution in [-0.4, -0.2) is 25.3 Å². The Morgan fingerprint density at radius 2 is 1.81 bits per heavy atom. The van der Waals surface area contributed by atoms with Crippen LogP contribution in [0.1, 0.15) is 47.0 Å². The van der Waals surface area contributed by atoms with Gasteiger partial charge in [0.1, 0.15) is 17.6 Å². The second-order valence-electron chi connectivity index (χ2n) is 6.48. The average molecular weight is 291 g/mol. The highest BCUT2D eigenvalue weighted by atomic mass is 16.5. The van der Waals surface area contributed by atoms with Crippen LogP contribution in [-0.2, 0) is 0 Å². The lowest BCUT2D eigenvalue weighted by Crippen LogP contribution is -2.54. The first-order chi connectivity index (χ1) is 10.1. The Bertz CT molecular complexity index is 427. The second-order valence-corrected chi connectivity index (χ2v) is 6.48. The molecule has 3 nitrogen and oxygen atoms in total. The van der Waals surface area contributed by atoms with Crippen molar-refractivity contribution in [3.8, 4) is 11.5 Å². The van der Waals surface area contributed by atoms with E-state index in [1.54, 1.807) is 0 Å². The second kappa shape index (κ2) is 7.17. The molecule has 0 bridgehead atoms. The minimum atomic E-state index is 0.242. The van der Waals surface area contributed by atoms with Crippen LogP contribution < -0.4 is 14.8 Å². The average Bonchev–Trinajstić information content (AvgIpc) is 2.45. The van der Waals surface area contributed by atoms with Gasteiger partial charge in [-0.1, -0.05) is 20.8 Å². The molecule has 3 heteroatoms. The first-order valence-corrected chi connectivity index (χ1v) is 8.19. The van der Waals surface area contributed by atoms with E-state index >= 15 is 0 Å². The molecule has 1 N–H and O–H groups in total. The number of rotatable bonds is 6. The normalized spacial score (nSPS) is 24.6. The van der Waals surface area contributed by atoms with E-state index in [0.717, 1.165) is 24.5 Å². The molecular formula is C18H29NO2. The lowest BCUT2D eigenvalue weighted by Gasteiger charge is -2.44. The zero-order chi connectivity index (χ0) is 15.3. The van der Waals surface area contributed by atoms with E-state index in [-0.39, 0.29) is 11.5 Å². The number of ether oxygens (including phenoxy) is 2. The van der Waals surface area contributed by atoms with Crippen molar-refractivity contribution in [3.05, 3.63) is 24.3 Å². The summed E-state index contributed by atoms with van der Waals surface area (Å²) in [6.07, 6.45) is 3.85. The molecule has 0 radical (unpaired) electrons. The van der Waals surface area contributed by atoms with Crippen LogP contribution in [0, 0.1) is 5.41 Å². The zero-order valence-corrected chi connectivity index (χ0v) is 13.8. The lowest BCUT2D eigenvalue weighted by atomic mass is 9.71. The van der Waals surface area contributed by atoms with Gasteiger partial charge >= 0.3 is 0 Å². The van der Waals surface area contributed by atoms with Crippen molar-refractivity contribution in [2.45, 2.75) is 59.1 Å². The Balaban J connectivity index is 2.05. The molecule has 0 aliphatic heterocycles. The summed E-state index contributed by atoms with van der Waals surface area (Å²) in [6.45, 7) is 10.5. The van der Waals surface area contributed by atoms with Gasteiger partial charge in [0, 0.05) is 6.04 Å². The molecule has 0 heterocycles. The van der Waals surface area contributed by atoms with E-state index in [2.05, 4.69) is 26.1 Å². The predicted molar refractivity (Wildman–Crippen MR) is 87.1 cm³/mol. The number of benzene rings is 1. The third-order valence-corrected chi connectivity index (χ3v) is 4.37. The lowest BCUT2D eigenvalue weighted by molar-refractivity contribution is 0.0372. The van der Waals surface area contributed by atoms with Crippen molar-refractivity contribution >= 4 is 0 Å². The van der Waals surface area contributed by atoms with Gasteiger partial charge < -0.3 is 14.8 Å². The highest BCUT2D eigenvalue weighted by Gasteiger charge is 2.39. The SMILES string of the molecule is CCNC1C(Oc2ccc(OCC)cc2)CCCC1(C)C. The van der Waals surface area contributed by atoms with Crippen molar-refractivity contribution in [1.82, 2.24) is 5.32 Å². The summed E-state index contributed by atoms with van der Waals surface area (Å²) in [5.41, 5.74) is 0.282. The van der Waals surface area contributed by atoms with Gasteiger partial charge in [0.15, 0.2) is 0 Å². The van der Waals surface area contributed by atoms with Crippen LogP contribution in [0.5, 0.6) is 11.5 Å². The topological polar surface area (TPSA) is 30.5 Å². The summed E-state index contributed by atoms with van der Waals surface area (Å²) in [4.78, 5) is 0. The fourth-order valence-corrected chi connectivity index (χ4v) is 3.29. The summed E-state index contributed by atoms with van der Waals surface area (Å²) < 4.78 is 11.7. The van der Waals surface area contributed by atoms with Crippen molar-refractivity contribution in [2.75, 3.05) is 13.2 Å². The molecule has 1 aromatic rings. The van der Waals surface area contributed by atoms with E-state index in [1.165, 1.54) is 12.8 Å². The summed E-state index contributed by atoms with van der Waals surface area (Å²) in [7, 11) is 0. The molecule has 1 aliphatic carbocycles. The molecule has 21 heavy (non-hydrogen) atoms. The fraction of sp³-hybridized carbons (Fsp3) is 0.667. The molecule has 0 aromatic heterocycles. The minimum absolute atomic E-state index is 0.242. The number of hydrogen-bond donors (Lipinski definition) is 1. The fourth-order valence-electron chi connectivity index (χ4n) is 3.29. The Labute approximate surface area is 129 Å². The third kappa shape index (κ3) is 4.13. The summed E-state index contributed by atoms with van der Waals surface area (Å²) >= 11 is 0. The Morgan fingerprint density at radius 3 is 2.43 bits per heavy atom. The molecule has 118 valence electrons. The Kier molecular flexibility index (Phi) is 5.51. The first-order valence-electron chi connectivity index (χ1n) is 8.19. The molecule has 1 saturated carbocycles. The van der Waals surface area contributed by atoms with Gasteiger partial charge in [-0.3, -0.25) is 0 Å². The van der Waals surface area contributed by atoms with E-state index in [4.69, 9.17) is 9.47 Å². The Hall–Kier alpha value is -1.22. The molecule has 1 aromatic carbocycles. The quantitative estimate of drug-likeness (QED) is 0.858. The van der Waals surface area contributed by atoms with Crippen LogP contribution >= 0.6 is 0 Å². The zero-order valence-electron chi connectivity index (χ0n) is 13.8. The molecule has 2 rings (SSSR count). The number of hydrogen-bond acceptors (Lipinski definition) is 3. The summed E-state index contributed by atoms with van der Waals surface area (Å²) in [5.74, 6) is 1.83. The van der Waals surface area contributed by atoms with E-state index in [1.807, 2.05) is 31.2 Å². The molecule has 1 fully saturated rings. The van der Waals surface area contributed by atoms with Crippen LogP contribution in [0.4, 0.5) is 0 Å². The third-order valence-electron chi connectivity index (χ3n) is 4.37. The largest absolute Gasteiger partial charge is 0.494 e. The monoisotopic (exact) mass is 291 g/mol. The van der Waals surface area contributed by atoms with E-state index < -0.39 is 0 Å². The summed E-state index contributed by atoms with van der Waals surface area (Å²) in [6, 6.07) is 8.39. The minimum Gasteiger partial charge on any atom is -0.494 e. The van der Waals surface area contributed by atoms with E-state index in [0.29, 0.717) is 12.6 Å². The molecular weight excluding hydrogens is 262 g/mol. The highest BCUT2D eigenvalue weighted by Crippen LogP contribution is 2.37. The maximum absolute atomic E-state index is 6.27. The molecule has 0 amide bonds. The van der Waals surface area contributed by atoms with Crippen molar-refractivity contribution in [2.24, 2.45) is 5.41 Å². The van der Waals surface area contributed by atoms with Crippen molar-refractivity contribution in [3.63, 3.8) is 0 Å². The van der Waals surface area contributed by atoms with Crippen molar-refractivity contribution < 1.29 is 9.47 Å². The first kappa shape index (κ1) is 16.2. The predicted octanol–water partition coefficient (Wildman–Crippen LogP) is 4.02. The number of nitrogens with one attached hydrogen (secondary N) is 1. The van der Waals surface area contributed by atoms with E-state index in [9.17, 15) is 0 Å². The van der Waals surface area contributed by atoms with Crippen LogP contribution in [0.2, 0.25) is 0 Å². The standard InChI is InChI=1S/C18H29NO2/c1-5-19-17-16(8-7-13-18(17,3)4)21-15-11-9-14(10-12-15)20-6-2/h9-12,16-17,19H,5-8,13H2,1-4H3. The molecule has 0 spiro atoms. The van der Waals surface area contributed by atoms with Crippen molar-refractivity contribution in [1.29, 1.82) is 0 Å². The van der Waals surface area contributed by atoms with Crippen LogP contribution in [0.3, 0.4) is 0 Å². The van der Waals surface area contributed by atoms with Crippen LogP contribution in [0.15, 0.2) is 24.3 Å².